The second kappa shape index (κ2) is 16.6. The van der Waals surface area contributed by atoms with Crippen molar-refractivity contribution >= 4 is 0 Å². The highest BCUT2D eigenvalue weighted by Crippen LogP contribution is 2.46. The summed E-state index contributed by atoms with van der Waals surface area (Å²) in [6, 6.07) is 4.22. The molecule has 2 nitrogen and oxygen atoms in total. The molecule has 0 heterocycles. The Hall–Kier alpha value is -2.06. The van der Waals surface area contributed by atoms with Gasteiger partial charge in [-0.15, -0.1) is 0 Å². The zero-order valence-electron chi connectivity index (χ0n) is 27.9. The summed E-state index contributed by atoms with van der Waals surface area (Å²) in [5.41, 5.74) is 0.793. The molecule has 2 aromatic carbocycles. The number of hydrogen-bond donors (Lipinski definition) is 1. The van der Waals surface area contributed by atoms with Crippen molar-refractivity contribution < 1.29 is 36.5 Å². The first-order valence-electron chi connectivity index (χ1n) is 18.1. The van der Waals surface area contributed by atoms with Crippen molar-refractivity contribution in [1.29, 1.82) is 0 Å². The van der Waals surface area contributed by atoms with Crippen LogP contribution in [0.3, 0.4) is 0 Å². The van der Waals surface area contributed by atoms with E-state index in [0.29, 0.717) is 11.5 Å². The lowest BCUT2D eigenvalue weighted by Gasteiger charge is -2.38. The molecule has 4 saturated carbocycles. The van der Waals surface area contributed by atoms with Crippen molar-refractivity contribution in [3.05, 3.63) is 70.3 Å². The van der Waals surface area contributed by atoms with Crippen LogP contribution in [0.5, 0.6) is 0 Å². The molecule has 0 aromatic heterocycles. The molecule has 2 aromatic rings. The molecule has 6 rings (SSSR count). The fourth-order valence-electron chi connectivity index (χ4n) is 9.33. The summed E-state index contributed by atoms with van der Waals surface area (Å²) in [6.45, 7) is 4.65. The SMILES string of the molecule is CC1CCC(C2CCC(C(OO)c3cc(F)c(F)c(F)c3)CC2)CC1.CC1CCC(C2CCC(c3cc(F)c(F)c(F)c3)CC2)CC1. The minimum atomic E-state index is -1.49. The number of halogens is 6. The summed E-state index contributed by atoms with van der Waals surface area (Å²) >= 11 is 0. The molecule has 0 amide bonds. The molecule has 1 atom stereocenters. The minimum Gasteiger partial charge on any atom is -0.251 e. The molecular weight excluding hydrogens is 614 g/mol. The standard InChI is InChI=1S/C20H27F3O2.C19H25F3/c1-12-2-4-13(5-3-12)14-6-8-15(9-7-14)20(25-24)16-10-17(21)19(23)18(22)11-16;1-12-2-4-13(5-3-12)14-6-8-15(9-7-14)16-10-17(20)19(22)18(21)11-16/h10-15,20,24H,2-9H2,1H3;10-15H,2-9H2,1H3. The lowest BCUT2D eigenvalue weighted by Crippen LogP contribution is -2.28. The number of hydrogen-bond acceptors (Lipinski definition) is 2. The Kier molecular flexibility index (Phi) is 12.8. The molecular formula is C39H52F6O2. The molecule has 47 heavy (non-hydrogen) atoms. The maximum Gasteiger partial charge on any atom is 0.194 e. The van der Waals surface area contributed by atoms with Crippen LogP contribution in [0.2, 0.25) is 0 Å². The van der Waals surface area contributed by atoms with Crippen molar-refractivity contribution in [2.24, 2.45) is 41.4 Å². The van der Waals surface area contributed by atoms with Crippen molar-refractivity contribution in [1.82, 2.24) is 0 Å². The summed E-state index contributed by atoms with van der Waals surface area (Å²) in [5.74, 6) is -2.46. The number of benzene rings is 2. The summed E-state index contributed by atoms with van der Waals surface area (Å²) in [4.78, 5) is 4.56. The Morgan fingerprint density at radius 1 is 0.511 bits per heavy atom. The third kappa shape index (κ3) is 9.14. The van der Waals surface area contributed by atoms with Crippen LogP contribution in [-0.2, 0) is 4.89 Å². The van der Waals surface area contributed by atoms with E-state index in [1.807, 2.05) is 0 Å². The summed E-state index contributed by atoms with van der Waals surface area (Å²) in [6.07, 6.45) is 17.8. The lowest BCUT2D eigenvalue weighted by molar-refractivity contribution is -0.296. The Morgan fingerprint density at radius 3 is 1.23 bits per heavy atom. The van der Waals surface area contributed by atoms with Gasteiger partial charge in [0.05, 0.1) is 0 Å². The van der Waals surface area contributed by atoms with E-state index in [0.717, 1.165) is 93.1 Å². The zero-order valence-corrected chi connectivity index (χ0v) is 27.9. The van der Waals surface area contributed by atoms with Crippen LogP contribution in [0.4, 0.5) is 26.3 Å². The van der Waals surface area contributed by atoms with Gasteiger partial charge in [0.25, 0.3) is 0 Å². The van der Waals surface area contributed by atoms with E-state index in [4.69, 9.17) is 0 Å². The van der Waals surface area contributed by atoms with Gasteiger partial charge in [-0.25, -0.2) is 31.2 Å². The van der Waals surface area contributed by atoms with E-state index < -0.39 is 41.0 Å². The van der Waals surface area contributed by atoms with E-state index in [2.05, 4.69) is 18.7 Å². The van der Waals surface area contributed by atoms with Gasteiger partial charge in [0, 0.05) is 0 Å². The lowest BCUT2D eigenvalue weighted by atomic mass is 9.68. The Labute approximate surface area is 276 Å². The molecule has 262 valence electrons. The summed E-state index contributed by atoms with van der Waals surface area (Å²) in [7, 11) is 0. The van der Waals surface area contributed by atoms with E-state index >= 15 is 0 Å². The first-order valence-corrected chi connectivity index (χ1v) is 18.1. The summed E-state index contributed by atoms with van der Waals surface area (Å²) < 4.78 is 80.0. The second-order valence-corrected chi connectivity index (χ2v) is 15.4. The van der Waals surface area contributed by atoms with Crippen LogP contribution in [-0.4, -0.2) is 5.26 Å². The largest absolute Gasteiger partial charge is 0.251 e. The molecule has 1 unspecified atom stereocenters. The average Bonchev–Trinajstić information content (AvgIpc) is 3.07. The molecule has 0 bridgehead atoms. The molecule has 8 heteroatoms. The van der Waals surface area contributed by atoms with Crippen LogP contribution in [0.1, 0.15) is 140 Å². The van der Waals surface area contributed by atoms with Crippen LogP contribution in [0.15, 0.2) is 24.3 Å². The first kappa shape index (κ1) is 36.2. The molecule has 0 aliphatic heterocycles. The molecule has 1 N–H and O–H groups in total. The van der Waals surface area contributed by atoms with Crippen molar-refractivity contribution in [2.45, 2.75) is 129 Å². The van der Waals surface area contributed by atoms with Gasteiger partial charge in [-0.2, -0.15) is 0 Å². The average molecular weight is 667 g/mol. The van der Waals surface area contributed by atoms with Crippen molar-refractivity contribution in [3.63, 3.8) is 0 Å². The van der Waals surface area contributed by atoms with Gasteiger partial charge in [0.1, 0.15) is 6.10 Å². The fourth-order valence-corrected chi connectivity index (χ4v) is 9.33. The molecule has 0 saturated heterocycles. The smallest absolute Gasteiger partial charge is 0.194 e. The Balaban J connectivity index is 0.000000186. The molecule has 0 spiro atoms. The van der Waals surface area contributed by atoms with E-state index in [-0.39, 0.29) is 17.4 Å². The second-order valence-electron chi connectivity index (χ2n) is 15.4. The van der Waals surface area contributed by atoms with Gasteiger partial charge in [0.2, 0.25) is 0 Å². The zero-order chi connectivity index (χ0) is 33.7. The summed E-state index contributed by atoms with van der Waals surface area (Å²) in [5, 5.41) is 9.29. The predicted octanol–water partition coefficient (Wildman–Crippen LogP) is 12.5. The van der Waals surface area contributed by atoms with E-state index in [1.165, 1.54) is 63.5 Å². The van der Waals surface area contributed by atoms with Gasteiger partial charge in [-0.3, -0.25) is 5.26 Å². The highest BCUT2D eigenvalue weighted by Gasteiger charge is 2.35. The topological polar surface area (TPSA) is 29.5 Å². The Bertz CT molecular complexity index is 1240. The van der Waals surface area contributed by atoms with E-state index in [1.54, 1.807) is 0 Å². The molecule has 0 radical (unpaired) electrons. The highest BCUT2D eigenvalue weighted by atomic mass is 19.2. The number of rotatable bonds is 6. The van der Waals surface area contributed by atoms with Gasteiger partial charge in [-0.1, -0.05) is 39.5 Å². The van der Waals surface area contributed by atoms with Crippen LogP contribution in [0.25, 0.3) is 0 Å². The molecule has 4 aliphatic rings. The minimum absolute atomic E-state index is 0.00646. The van der Waals surface area contributed by atoms with Gasteiger partial charge >= 0.3 is 0 Å². The monoisotopic (exact) mass is 666 g/mol. The Morgan fingerprint density at radius 2 is 0.851 bits per heavy atom. The molecule has 4 fully saturated rings. The van der Waals surface area contributed by atoms with Crippen molar-refractivity contribution in [2.75, 3.05) is 0 Å². The van der Waals surface area contributed by atoms with Crippen molar-refractivity contribution in [3.8, 4) is 0 Å². The maximum atomic E-state index is 13.5. The van der Waals surface area contributed by atoms with Crippen LogP contribution >= 0.6 is 0 Å². The predicted molar refractivity (Wildman–Crippen MR) is 171 cm³/mol. The molecule has 4 aliphatic carbocycles. The quantitative estimate of drug-likeness (QED) is 0.144. The first-order chi connectivity index (χ1) is 22.5. The van der Waals surface area contributed by atoms with Gasteiger partial charge < -0.3 is 0 Å². The third-order valence-corrected chi connectivity index (χ3v) is 12.4. The normalized spacial score (nSPS) is 32.3. The fraction of sp³-hybridized carbons (Fsp3) is 0.692. The van der Waals surface area contributed by atoms with Gasteiger partial charge in [-0.05, 0) is 160 Å². The van der Waals surface area contributed by atoms with E-state index in [9.17, 15) is 31.6 Å². The highest BCUT2D eigenvalue weighted by molar-refractivity contribution is 5.24. The third-order valence-electron chi connectivity index (χ3n) is 12.4. The van der Waals surface area contributed by atoms with Crippen LogP contribution < -0.4 is 0 Å². The maximum absolute atomic E-state index is 13.5. The van der Waals surface area contributed by atoms with Crippen LogP contribution in [0, 0.1) is 76.3 Å². The van der Waals surface area contributed by atoms with Gasteiger partial charge in [0.15, 0.2) is 34.9 Å².